The van der Waals surface area contributed by atoms with Crippen molar-refractivity contribution in [3.63, 3.8) is 0 Å². The largest absolute Gasteiger partial charge is 0.480 e. The predicted molar refractivity (Wildman–Crippen MR) is 125 cm³/mol. The number of benzene rings is 2. The molecule has 158 valence electrons. The second-order valence-corrected chi connectivity index (χ2v) is 8.65. The number of aromatic nitrogens is 1. The summed E-state index contributed by atoms with van der Waals surface area (Å²) in [6.45, 7) is 0.109. The number of carbonyl (C=O) groups is 2. The van der Waals surface area contributed by atoms with Gasteiger partial charge >= 0.3 is 12.1 Å². The van der Waals surface area contributed by atoms with Gasteiger partial charge in [-0.25, -0.2) is 14.6 Å². The van der Waals surface area contributed by atoms with Gasteiger partial charge in [0.15, 0.2) is 0 Å². The summed E-state index contributed by atoms with van der Waals surface area (Å²) in [5.74, 6) is -1.28. The van der Waals surface area contributed by atoms with Crippen molar-refractivity contribution in [2.24, 2.45) is 0 Å². The predicted octanol–water partition coefficient (Wildman–Crippen LogP) is 4.87. The van der Waals surface area contributed by atoms with Gasteiger partial charge in [0.2, 0.25) is 0 Å². The van der Waals surface area contributed by atoms with Crippen molar-refractivity contribution in [3.8, 4) is 11.1 Å². The molecule has 1 aliphatic carbocycles. The number of nitrogens with zero attached hydrogens (tertiary/aromatic N) is 1. The minimum Gasteiger partial charge on any atom is -0.480 e. The van der Waals surface area contributed by atoms with Gasteiger partial charge < -0.3 is 15.2 Å². The van der Waals surface area contributed by atoms with Gasteiger partial charge in [0, 0.05) is 27.7 Å². The Morgan fingerprint density at radius 1 is 1.10 bits per heavy atom. The van der Waals surface area contributed by atoms with Crippen LogP contribution in [0.25, 0.3) is 11.1 Å². The molecule has 4 rings (SSSR count). The molecular formula is C23H18ClIN2O4. The normalized spacial score (nSPS) is 13.2. The first-order chi connectivity index (χ1) is 15.0. The van der Waals surface area contributed by atoms with E-state index in [9.17, 15) is 14.7 Å². The Labute approximate surface area is 197 Å². The van der Waals surface area contributed by atoms with Gasteiger partial charge in [0.1, 0.15) is 17.8 Å². The van der Waals surface area contributed by atoms with E-state index in [0.717, 1.165) is 25.8 Å². The molecule has 2 aromatic carbocycles. The quantitative estimate of drug-likeness (QED) is 0.339. The van der Waals surface area contributed by atoms with Crippen LogP contribution in [-0.2, 0) is 16.0 Å². The van der Waals surface area contributed by atoms with Gasteiger partial charge in [-0.2, -0.15) is 0 Å². The van der Waals surface area contributed by atoms with E-state index in [1.54, 1.807) is 12.3 Å². The van der Waals surface area contributed by atoms with E-state index >= 15 is 0 Å². The van der Waals surface area contributed by atoms with Gasteiger partial charge in [-0.1, -0.05) is 60.1 Å². The van der Waals surface area contributed by atoms with Crippen molar-refractivity contribution in [3.05, 3.63) is 86.2 Å². The summed E-state index contributed by atoms with van der Waals surface area (Å²) in [4.78, 5) is 28.2. The number of ether oxygens (including phenoxy) is 1. The minimum absolute atomic E-state index is 0.00444. The SMILES string of the molecule is O=C(NC(Cc1c(I)ccnc1Cl)C(=O)O)OCC1c2ccccc2-c2ccccc21. The molecule has 0 spiro atoms. The lowest BCUT2D eigenvalue weighted by Gasteiger charge is -2.18. The van der Waals surface area contributed by atoms with E-state index in [2.05, 4.69) is 32.9 Å². The molecule has 1 unspecified atom stereocenters. The van der Waals surface area contributed by atoms with Gasteiger partial charge in [-0.3, -0.25) is 0 Å². The van der Waals surface area contributed by atoms with Crippen LogP contribution in [0.15, 0.2) is 60.8 Å². The number of hydrogen-bond acceptors (Lipinski definition) is 4. The number of hydrogen-bond donors (Lipinski definition) is 2. The van der Waals surface area contributed by atoms with E-state index in [4.69, 9.17) is 16.3 Å². The molecule has 0 bridgehead atoms. The van der Waals surface area contributed by atoms with Gasteiger partial charge in [0.05, 0.1) is 0 Å². The number of amides is 1. The second-order valence-electron chi connectivity index (χ2n) is 7.13. The number of carbonyl (C=O) groups excluding carboxylic acids is 1. The molecule has 8 heteroatoms. The third kappa shape index (κ3) is 4.52. The number of carboxylic acids is 1. The van der Waals surface area contributed by atoms with Crippen LogP contribution in [0.3, 0.4) is 0 Å². The Balaban J connectivity index is 1.45. The molecule has 1 atom stereocenters. The molecule has 3 aromatic rings. The lowest BCUT2D eigenvalue weighted by Crippen LogP contribution is -2.43. The molecule has 0 saturated carbocycles. The lowest BCUT2D eigenvalue weighted by molar-refractivity contribution is -0.139. The topological polar surface area (TPSA) is 88.5 Å². The lowest BCUT2D eigenvalue weighted by atomic mass is 9.98. The molecule has 6 nitrogen and oxygen atoms in total. The molecule has 0 aliphatic heterocycles. The summed E-state index contributed by atoms with van der Waals surface area (Å²) in [5.41, 5.74) is 4.98. The molecule has 0 radical (unpaired) electrons. The Morgan fingerprint density at radius 3 is 2.29 bits per heavy atom. The second kappa shape index (κ2) is 9.23. The first kappa shape index (κ1) is 21.6. The Morgan fingerprint density at radius 2 is 1.71 bits per heavy atom. The van der Waals surface area contributed by atoms with Crippen LogP contribution in [-0.4, -0.2) is 34.8 Å². The highest BCUT2D eigenvalue weighted by Gasteiger charge is 2.30. The van der Waals surface area contributed by atoms with Crippen molar-refractivity contribution in [1.82, 2.24) is 10.3 Å². The van der Waals surface area contributed by atoms with Gasteiger partial charge in [-0.05, 0) is 50.9 Å². The Kier molecular flexibility index (Phi) is 6.43. The fourth-order valence-corrected chi connectivity index (χ4v) is 4.84. The number of pyridine rings is 1. The average Bonchev–Trinajstić information content (AvgIpc) is 3.08. The molecule has 1 aliphatic rings. The van der Waals surface area contributed by atoms with Gasteiger partial charge in [-0.15, -0.1) is 0 Å². The molecule has 0 saturated heterocycles. The Bertz CT molecular complexity index is 1090. The number of fused-ring (bicyclic) bond motifs is 3. The number of alkyl carbamates (subject to hydrolysis) is 1. The Hall–Kier alpha value is -2.65. The van der Waals surface area contributed by atoms with E-state index in [1.165, 1.54) is 0 Å². The molecule has 1 aromatic heterocycles. The van der Waals surface area contributed by atoms with Crippen LogP contribution in [0, 0.1) is 3.57 Å². The van der Waals surface area contributed by atoms with Crippen molar-refractivity contribution in [1.29, 1.82) is 0 Å². The van der Waals surface area contributed by atoms with E-state index in [0.29, 0.717) is 5.56 Å². The van der Waals surface area contributed by atoms with Crippen LogP contribution >= 0.6 is 34.2 Å². The first-order valence-corrected chi connectivity index (χ1v) is 11.0. The van der Waals surface area contributed by atoms with E-state index in [-0.39, 0.29) is 24.1 Å². The number of aliphatic carboxylic acids is 1. The zero-order valence-electron chi connectivity index (χ0n) is 16.2. The zero-order valence-corrected chi connectivity index (χ0v) is 19.1. The highest BCUT2D eigenvalue weighted by Crippen LogP contribution is 2.44. The van der Waals surface area contributed by atoms with Crippen molar-refractivity contribution in [2.45, 2.75) is 18.4 Å². The van der Waals surface area contributed by atoms with E-state index < -0.39 is 18.1 Å². The summed E-state index contributed by atoms with van der Waals surface area (Å²) < 4.78 is 6.23. The molecular weight excluding hydrogens is 531 g/mol. The summed E-state index contributed by atoms with van der Waals surface area (Å²) >= 11 is 8.16. The van der Waals surface area contributed by atoms with Crippen molar-refractivity contribution >= 4 is 46.3 Å². The molecule has 1 amide bonds. The fraction of sp³-hybridized carbons (Fsp3) is 0.174. The molecule has 2 N–H and O–H groups in total. The van der Waals surface area contributed by atoms with Crippen molar-refractivity contribution in [2.75, 3.05) is 6.61 Å². The summed E-state index contributed by atoms with van der Waals surface area (Å²) in [5, 5.41) is 12.2. The van der Waals surface area contributed by atoms with Crippen LogP contribution in [0.5, 0.6) is 0 Å². The van der Waals surface area contributed by atoms with Crippen LogP contribution in [0.1, 0.15) is 22.6 Å². The monoisotopic (exact) mass is 548 g/mol. The minimum atomic E-state index is -1.19. The van der Waals surface area contributed by atoms with Crippen LogP contribution < -0.4 is 5.32 Å². The number of carboxylic acid groups (broad SMARTS) is 1. The first-order valence-electron chi connectivity index (χ1n) is 9.59. The molecule has 31 heavy (non-hydrogen) atoms. The number of nitrogens with one attached hydrogen (secondary N) is 1. The standard InChI is InChI=1S/C23H18ClIN2O4/c24-21-17(19(25)9-10-26-21)11-20(22(28)29)27-23(30)31-12-18-15-7-3-1-5-13(15)14-6-2-4-8-16(14)18/h1-10,18,20H,11-12H2,(H,27,30)(H,28,29). The maximum absolute atomic E-state index is 12.5. The highest BCUT2D eigenvalue weighted by atomic mass is 127. The number of rotatable bonds is 6. The third-order valence-electron chi connectivity index (χ3n) is 5.29. The third-order valence-corrected chi connectivity index (χ3v) is 6.62. The van der Waals surface area contributed by atoms with E-state index in [1.807, 2.05) is 48.5 Å². The highest BCUT2D eigenvalue weighted by molar-refractivity contribution is 14.1. The molecule has 0 fully saturated rings. The maximum Gasteiger partial charge on any atom is 0.407 e. The zero-order chi connectivity index (χ0) is 22.0. The van der Waals surface area contributed by atoms with Crippen molar-refractivity contribution < 1.29 is 19.4 Å². The summed E-state index contributed by atoms with van der Waals surface area (Å²) in [6, 6.07) is 16.6. The fourth-order valence-electron chi connectivity index (χ4n) is 3.81. The smallest absolute Gasteiger partial charge is 0.407 e. The van der Waals surface area contributed by atoms with Crippen LogP contribution in [0.2, 0.25) is 5.15 Å². The summed E-state index contributed by atoms with van der Waals surface area (Å²) in [6.07, 6.45) is 0.761. The average molecular weight is 549 g/mol. The number of halogens is 2. The maximum atomic E-state index is 12.5. The van der Waals surface area contributed by atoms with Gasteiger partial charge in [0.25, 0.3) is 0 Å². The molecule has 1 heterocycles. The van der Waals surface area contributed by atoms with Crippen LogP contribution in [0.4, 0.5) is 4.79 Å². The summed E-state index contributed by atoms with van der Waals surface area (Å²) in [7, 11) is 0.